The first kappa shape index (κ1) is 16.2. The van der Waals surface area contributed by atoms with Crippen LogP contribution in [0.4, 0.5) is 5.69 Å². The third-order valence-corrected chi connectivity index (χ3v) is 5.91. The van der Waals surface area contributed by atoms with Gasteiger partial charge in [0.15, 0.2) is 0 Å². The van der Waals surface area contributed by atoms with E-state index in [1.807, 2.05) is 25.1 Å². The molecule has 0 saturated carbocycles. The number of rotatable bonds is 3. The molecule has 3 aromatic rings. The largest absolute Gasteiger partial charge is 0.357 e. The van der Waals surface area contributed by atoms with Crippen LogP contribution in [0.3, 0.4) is 0 Å². The molecule has 0 fully saturated rings. The Morgan fingerprint density at radius 2 is 2.04 bits per heavy atom. The summed E-state index contributed by atoms with van der Waals surface area (Å²) in [4.78, 5) is 3.53. The maximum Gasteiger partial charge on any atom is 0.0511 e. The molecule has 2 aromatic carbocycles. The Morgan fingerprint density at radius 3 is 2.88 bits per heavy atom. The number of aryl methyl sites for hydroxylation is 1. The van der Waals surface area contributed by atoms with Gasteiger partial charge in [-0.25, -0.2) is 4.31 Å². The fourth-order valence-electron chi connectivity index (χ4n) is 3.04. The van der Waals surface area contributed by atoms with Gasteiger partial charge < -0.3 is 9.71 Å². The molecule has 0 bridgehead atoms. The summed E-state index contributed by atoms with van der Waals surface area (Å²) in [6.07, 6.45) is 1.01. The second-order valence-corrected chi connectivity index (χ2v) is 7.79. The van der Waals surface area contributed by atoms with Crippen molar-refractivity contribution in [3.63, 3.8) is 0 Å². The molecule has 4 rings (SSSR count). The Morgan fingerprint density at radius 1 is 1.17 bits per heavy atom. The number of nitrogens with one attached hydrogen (secondary N) is 2. The van der Waals surface area contributed by atoms with Crippen LogP contribution in [0.2, 0.25) is 10.0 Å². The van der Waals surface area contributed by atoms with Crippen molar-refractivity contribution in [1.29, 1.82) is 0 Å². The molecular weight excluding hydrogens is 361 g/mol. The molecule has 0 spiro atoms. The molecule has 0 radical (unpaired) electrons. The number of anilines is 1. The maximum atomic E-state index is 6.18. The van der Waals surface area contributed by atoms with Gasteiger partial charge in [0.1, 0.15) is 0 Å². The Kier molecular flexibility index (Phi) is 4.39. The first-order chi connectivity index (χ1) is 11.6. The van der Waals surface area contributed by atoms with Crippen molar-refractivity contribution in [3.05, 3.63) is 63.3 Å². The van der Waals surface area contributed by atoms with Crippen molar-refractivity contribution in [2.24, 2.45) is 0 Å². The SMILES string of the molecule is Cc1ccc(NSN2CCc3c([nH]c4ccc(Cl)cc34)C2)cc1Cl. The topological polar surface area (TPSA) is 31.1 Å². The van der Waals surface area contributed by atoms with Gasteiger partial charge in [0.05, 0.1) is 6.54 Å². The number of aromatic nitrogens is 1. The molecule has 0 unspecified atom stereocenters. The van der Waals surface area contributed by atoms with Crippen molar-refractivity contribution in [1.82, 2.24) is 9.29 Å². The van der Waals surface area contributed by atoms with Gasteiger partial charge in [-0.1, -0.05) is 29.3 Å². The zero-order chi connectivity index (χ0) is 16.7. The third kappa shape index (κ3) is 3.11. The Balaban J connectivity index is 1.48. The van der Waals surface area contributed by atoms with Crippen molar-refractivity contribution in [3.8, 4) is 0 Å². The summed E-state index contributed by atoms with van der Waals surface area (Å²) >= 11 is 13.9. The number of hydrogen-bond donors (Lipinski definition) is 2. The molecule has 3 nitrogen and oxygen atoms in total. The van der Waals surface area contributed by atoms with Crippen LogP contribution in [-0.2, 0) is 13.0 Å². The fraction of sp³-hybridized carbons (Fsp3) is 0.222. The zero-order valence-corrected chi connectivity index (χ0v) is 15.5. The number of hydrogen-bond acceptors (Lipinski definition) is 3. The standard InChI is InChI=1S/C18H17Cl2N3S/c1-11-2-4-13(9-16(11)20)22-24-23-7-6-14-15-8-12(19)3-5-17(15)21-18(14)10-23/h2-5,8-9,21-22H,6-7,10H2,1H3. The number of halogens is 2. The summed E-state index contributed by atoms with van der Waals surface area (Å²) in [7, 11) is 0. The van der Waals surface area contributed by atoms with E-state index < -0.39 is 0 Å². The van der Waals surface area contributed by atoms with Gasteiger partial charge >= 0.3 is 0 Å². The molecule has 2 heterocycles. The number of nitrogens with zero attached hydrogens (tertiary/aromatic N) is 1. The summed E-state index contributed by atoms with van der Waals surface area (Å²) in [5.41, 5.74) is 5.93. The first-order valence-corrected chi connectivity index (χ1v) is 9.36. The van der Waals surface area contributed by atoms with E-state index in [1.165, 1.54) is 16.6 Å². The summed E-state index contributed by atoms with van der Waals surface area (Å²) in [5.74, 6) is 0. The smallest absolute Gasteiger partial charge is 0.0511 e. The zero-order valence-electron chi connectivity index (χ0n) is 13.2. The average Bonchev–Trinajstić information content (AvgIpc) is 2.93. The van der Waals surface area contributed by atoms with Gasteiger partial charge in [-0.05, 0) is 54.8 Å². The molecule has 0 amide bonds. The first-order valence-electron chi connectivity index (χ1n) is 7.83. The molecule has 0 saturated heterocycles. The average molecular weight is 378 g/mol. The Bertz CT molecular complexity index is 907. The number of benzene rings is 2. The van der Waals surface area contributed by atoms with Gasteiger partial charge in [0.25, 0.3) is 0 Å². The van der Waals surface area contributed by atoms with E-state index in [-0.39, 0.29) is 0 Å². The summed E-state index contributed by atoms with van der Waals surface area (Å²) in [6, 6.07) is 12.1. The number of aromatic amines is 1. The van der Waals surface area contributed by atoms with Crippen LogP contribution < -0.4 is 4.72 Å². The summed E-state index contributed by atoms with van der Waals surface area (Å²) in [5, 5.41) is 2.83. The summed E-state index contributed by atoms with van der Waals surface area (Å²) in [6.45, 7) is 3.87. The normalized spacial score (nSPS) is 14.8. The molecule has 2 N–H and O–H groups in total. The van der Waals surface area contributed by atoms with E-state index in [4.69, 9.17) is 23.2 Å². The lowest BCUT2D eigenvalue weighted by atomic mass is 10.0. The van der Waals surface area contributed by atoms with E-state index in [0.29, 0.717) is 0 Å². The van der Waals surface area contributed by atoms with Crippen LogP contribution in [0.15, 0.2) is 36.4 Å². The molecule has 1 aliphatic rings. The van der Waals surface area contributed by atoms with E-state index in [2.05, 4.69) is 32.2 Å². The fourth-order valence-corrected chi connectivity index (χ4v) is 4.13. The minimum Gasteiger partial charge on any atom is -0.357 e. The second kappa shape index (κ2) is 6.52. The van der Waals surface area contributed by atoms with Crippen LogP contribution >= 0.6 is 35.3 Å². The minimum atomic E-state index is 0.786. The van der Waals surface area contributed by atoms with Gasteiger partial charge in [-0.2, -0.15) is 0 Å². The second-order valence-electron chi connectivity index (χ2n) is 6.04. The third-order valence-electron chi connectivity index (χ3n) is 4.37. The van der Waals surface area contributed by atoms with Crippen LogP contribution in [0, 0.1) is 6.92 Å². The Hall–Kier alpha value is -1.33. The van der Waals surface area contributed by atoms with E-state index in [9.17, 15) is 0 Å². The van der Waals surface area contributed by atoms with Crippen LogP contribution in [0.1, 0.15) is 16.8 Å². The van der Waals surface area contributed by atoms with Crippen LogP contribution in [0.5, 0.6) is 0 Å². The van der Waals surface area contributed by atoms with Gasteiger partial charge in [0, 0.05) is 51.0 Å². The molecule has 1 aromatic heterocycles. The highest BCUT2D eigenvalue weighted by molar-refractivity contribution is 7.98. The van der Waals surface area contributed by atoms with Gasteiger partial charge in [-0.15, -0.1) is 0 Å². The predicted octanol–water partition coefficient (Wildman–Crippen LogP) is 5.82. The lowest BCUT2D eigenvalue weighted by molar-refractivity contribution is 0.441. The molecule has 24 heavy (non-hydrogen) atoms. The van der Waals surface area contributed by atoms with Gasteiger partial charge in [0.2, 0.25) is 0 Å². The van der Waals surface area contributed by atoms with Crippen molar-refractivity contribution in [2.75, 3.05) is 11.3 Å². The van der Waals surface area contributed by atoms with E-state index in [0.717, 1.165) is 46.3 Å². The van der Waals surface area contributed by atoms with Crippen molar-refractivity contribution < 1.29 is 0 Å². The highest BCUT2D eigenvalue weighted by Gasteiger charge is 2.21. The number of H-pyrrole nitrogens is 1. The van der Waals surface area contributed by atoms with E-state index in [1.54, 1.807) is 12.1 Å². The van der Waals surface area contributed by atoms with E-state index >= 15 is 0 Å². The van der Waals surface area contributed by atoms with Gasteiger partial charge in [-0.3, -0.25) is 0 Å². The Labute approximate surface area is 155 Å². The molecular formula is C18H17Cl2N3S. The molecule has 0 atom stereocenters. The number of fused-ring (bicyclic) bond motifs is 3. The van der Waals surface area contributed by atoms with Crippen molar-refractivity contribution >= 4 is 51.9 Å². The van der Waals surface area contributed by atoms with Crippen molar-refractivity contribution in [2.45, 2.75) is 19.9 Å². The quantitative estimate of drug-likeness (QED) is 0.564. The highest BCUT2D eigenvalue weighted by Crippen LogP contribution is 2.32. The predicted molar refractivity (Wildman–Crippen MR) is 105 cm³/mol. The van der Waals surface area contributed by atoms with Crippen LogP contribution in [-0.4, -0.2) is 15.8 Å². The molecule has 6 heteroatoms. The summed E-state index contributed by atoms with van der Waals surface area (Å²) < 4.78 is 5.69. The maximum absolute atomic E-state index is 6.18. The molecule has 1 aliphatic heterocycles. The molecule has 0 aliphatic carbocycles. The molecule has 124 valence electrons. The van der Waals surface area contributed by atoms with Crippen LogP contribution in [0.25, 0.3) is 10.9 Å². The monoisotopic (exact) mass is 377 g/mol. The lowest BCUT2D eigenvalue weighted by Gasteiger charge is -2.25. The highest BCUT2D eigenvalue weighted by atomic mass is 35.5. The minimum absolute atomic E-state index is 0.786. The lowest BCUT2D eigenvalue weighted by Crippen LogP contribution is -2.25.